The molecule has 0 spiro atoms. The highest BCUT2D eigenvalue weighted by atomic mass is 35.5. The number of halogens is 2. The highest BCUT2D eigenvalue weighted by Crippen LogP contribution is 2.25. The third kappa shape index (κ3) is 3.69. The molecule has 0 bridgehead atoms. The van der Waals surface area contributed by atoms with Crippen LogP contribution in [0.15, 0.2) is 60.9 Å². The zero-order chi connectivity index (χ0) is 16.9. The highest BCUT2D eigenvalue weighted by molar-refractivity contribution is 6.30. The molecule has 0 aliphatic heterocycles. The number of nitrogens with one attached hydrogen (secondary N) is 1. The van der Waals surface area contributed by atoms with E-state index in [1.807, 2.05) is 30.3 Å². The predicted molar refractivity (Wildman–Crippen MR) is 92.3 cm³/mol. The van der Waals surface area contributed by atoms with Gasteiger partial charge in [0, 0.05) is 10.6 Å². The Labute approximate surface area is 144 Å². The Morgan fingerprint density at radius 1 is 1.12 bits per heavy atom. The number of nitrogens with zero attached hydrogens (tertiary/aromatic N) is 2. The second-order valence-electron chi connectivity index (χ2n) is 5.20. The van der Waals surface area contributed by atoms with E-state index in [1.165, 1.54) is 30.6 Å². The summed E-state index contributed by atoms with van der Waals surface area (Å²) in [4.78, 5) is 8.47. The summed E-state index contributed by atoms with van der Waals surface area (Å²) in [5.41, 5.74) is 1.56. The van der Waals surface area contributed by atoms with Crippen LogP contribution in [0.4, 0.5) is 10.2 Å². The normalized spacial score (nSPS) is 12.0. The quantitative estimate of drug-likeness (QED) is 0.733. The van der Waals surface area contributed by atoms with Crippen LogP contribution in [0.1, 0.15) is 11.6 Å². The van der Waals surface area contributed by atoms with Crippen LogP contribution in [0.5, 0.6) is 0 Å². The summed E-state index contributed by atoms with van der Waals surface area (Å²) in [5.74, 6) is 0.0161. The predicted octanol–water partition coefficient (Wildman–Crippen LogP) is 4.08. The molecule has 6 heteroatoms. The second-order valence-corrected chi connectivity index (χ2v) is 5.64. The van der Waals surface area contributed by atoms with E-state index in [0.717, 1.165) is 5.56 Å². The van der Waals surface area contributed by atoms with Crippen molar-refractivity contribution in [2.24, 2.45) is 0 Å². The van der Waals surface area contributed by atoms with Gasteiger partial charge < -0.3 is 10.4 Å². The van der Waals surface area contributed by atoms with Crippen LogP contribution < -0.4 is 5.32 Å². The molecule has 24 heavy (non-hydrogen) atoms. The van der Waals surface area contributed by atoms with Crippen molar-refractivity contribution in [3.63, 3.8) is 0 Å². The third-order valence-corrected chi connectivity index (χ3v) is 3.78. The molecule has 4 nitrogen and oxygen atoms in total. The van der Waals surface area contributed by atoms with Gasteiger partial charge in [0.05, 0.1) is 30.7 Å². The van der Waals surface area contributed by atoms with E-state index < -0.39 is 5.82 Å². The van der Waals surface area contributed by atoms with Crippen molar-refractivity contribution in [2.45, 2.75) is 6.04 Å². The Morgan fingerprint density at radius 3 is 2.67 bits per heavy atom. The molecule has 0 amide bonds. The van der Waals surface area contributed by atoms with Crippen molar-refractivity contribution in [1.82, 2.24) is 9.97 Å². The van der Waals surface area contributed by atoms with Gasteiger partial charge in [-0.2, -0.15) is 0 Å². The van der Waals surface area contributed by atoms with E-state index in [-0.39, 0.29) is 18.2 Å². The highest BCUT2D eigenvalue weighted by Gasteiger charge is 2.13. The van der Waals surface area contributed by atoms with Gasteiger partial charge in [-0.05, 0) is 23.8 Å². The summed E-state index contributed by atoms with van der Waals surface area (Å²) in [6, 6.07) is 13.4. The van der Waals surface area contributed by atoms with Gasteiger partial charge in [-0.25, -0.2) is 9.37 Å². The Hall–Kier alpha value is -2.50. The topological polar surface area (TPSA) is 58.0 Å². The number of anilines is 1. The molecular formula is C18H15ClFN3O. The molecule has 1 heterocycles. The van der Waals surface area contributed by atoms with Gasteiger partial charge in [0.25, 0.3) is 0 Å². The van der Waals surface area contributed by atoms with Crippen LogP contribution in [0.3, 0.4) is 0 Å². The number of aliphatic hydroxyl groups excluding tert-OH is 1. The molecule has 122 valence electrons. The zero-order valence-corrected chi connectivity index (χ0v) is 13.4. The Bertz CT molecular complexity index is 830. The van der Waals surface area contributed by atoms with Gasteiger partial charge in [-0.15, -0.1) is 0 Å². The fourth-order valence-corrected chi connectivity index (χ4v) is 2.53. The van der Waals surface area contributed by atoms with Gasteiger partial charge in [-0.3, -0.25) is 4.98 Å². The van der Waals surface area contributed by atoms with Crippen molar-refractivity contribution < 1.29 is 9.50 Å². The number of hydrogen-bond donors (Lipinski definition) is 2. The minimum absolute atomic E-state index is 0.110. The van der Waals surface area contributed by atoms with Crippen molar-refractivity contribution in [3.05, 3.63) is 77.3 Å². The average molecular weight is 344 g/mol. The van der Waals surface area contributed by atoms with E-state index in [2.05, 4.69) is 15.3 Å². The van der Waals surface area contributed by atoms with Crippen LogP contribution in [0, 0.1) is 5.82 Å². The number of benzene rings is 2. The summed E-state index contributed by atoms with van der Waals surface area (Å²) < 4.78 is 14.0. The molecule has 1 atom stereocenters. The lowest BCUT2D eigenvalue weighted by atomic mass is 10.1. The maximum absolute atomic E-state index is 14.0. The minimum atomic E-state index is -0.424. The van der Waals surface area contributed by atoms with Crippen LogP contribution in [-0.4, -0.2) is 21.7 Å². The summed E-state index contributed by atoms with van der Waals surface area (Å²) in [7, 11) is 0. The number of aromatic nitrogens is 2. The molecular weight excluding hydrogens is 329 g/mol. The first kappa shape index (κ1) is 16.4. The van der Waals surface area contributed by atoms with E-state index in [1.54, 1.807) is 0 Å². The van der Waals surface area contributed by atoms with Crippen molar-refractivity contribution in [2.75, 3.05) is 11.9 Å². The van der Waals surface area contributed by atoms with Crippen molar-refractivity contribution in [3.8, 4) is 11.3 Å². The van der Waals surface area contributed by atoms with Crippen molar-refractivity contribution >= 4 is 17.4 Å². The maximum atomic E-state index is 14.0. The Kier molecular flexibility index (Phi) is 5.03. The molecule has 2 N–H and O–H groups in total. The molecule has 2 aromatic carbocycles. The molecule has 1 aromatic heterocycles. The molecule has 3 rings (SSSR count). The first-order valence-electron chi connectivity index (χ1n) is 7.37. The molecule has 0 aliphatic carbocycles. The monoisotopic (exact) mass is 343 g/mol. The van der Waals surface area contributed by atoms with Crippen LogP contribution in [-0.2, 0) is 0 Å². The Balaban J connectivity index is 1.89. The van der Waals surface area contributed by atoms with Gasteiger partial charge in [0.1, 0.15) is 11.6 Å². The number of aliphatic hydroxyl groups is 1. The molecule has 0 radical (unpaired) electrons. The molecule has 0 unspecified atom stereocenters. The van der Waals surface area contributed by atoms with E-state index in [4.69, 9.17) is 11.6 Å². The largest absolute Gasteiger partial charge is 0.394 e. The summed E-state index contributed by atoms with van der Waals surface area (Å²) >= 11 is 5.93. The maximum Gasteiger partial charge on any atom is 0.145 e. The molecule has 0 saturated carbocycles. The zero-order valence-electron chi connectivity index (χ0n) is 12.7. The van der Waals surface area contributed by atoms with Gasteiger partial charge in [0.2, 0.25) is 0 Å². The molecule has 0 saturated heterocycles. The number of hydrogen-bond acceptors (Lipinski definition) is 4. The fourth-order valence-electron chi connectivity index (χ4n) is 2.36. The molecule has 3 aromatic rings. The first-order valence-corrected chi connectivity index (χ1v) is 7.75. The van der Waals surface area contributed by atoms with Gasteiger partial charge in [0.15, 0.2) is 0 Å². The van der Waals surface area contributed by atoms with Gasteiger partial charge >= 0.3 is 0 Å². The van der Waals surface area contributed by atoms with E-state index in [9.17, 15) is 9.50 Å². The molecule has 0 fully saturated rings. The SMILES string of the molecule is OC[C@H](Nc1cncc(-c2cc(Cl)ccc2F)n1)c1ccccc1. The lowest BCUT2D eigenvalue weighted by Gasteiger charge is -2.17. The summed E-state index contributed by atoms with van der Waals surface area (Å²) in [5, 5.41) is 13.2. The Morgan fingerprint density at radius 2 is 1.92 bits per heavy atom. The molecule has 0 aliphatic rings. The standard InChI is InChI=1S/C18H15ClFN3O/c19-13-6-7-15(20)14(8-13)16-9-21-10-18(22-16)23-17(11-24)12-4-2-1-3-5-12/h1-10,17,24H,11H2,(H,22,23)/t17-/m0/s1. The lowest BCUT2D eigenvalue weighted by molar-refractivity contribution is 0.276. The number of rotatable bonds is 5. The van der Waals surface area contributed by atoms with E-state index >= 15 is 0 Å². The summed E-state index contributed by atoms with van der Waals surface area (Å²) in [6.07, 6.45) is 2.99. The van der Waals surface area contributed by atoms with Crippen LogP contribution in [0.25, 0.3) is 11.3 Å². The first-order chi connectivity index (χ1) is 11.7. The van der Waals surface area contributed by atoms with Crippen LogP contribution in [0.2, 0.25) is 5.02 Å². The second kappa shape index (κ2) is 7.38. The average Bonchev–Trinajstić information content (AvgIpc) is 2.62. The van der Waals surface area contributed by atoms with Crippen molar-refractivity contribution in [1.29, 1.82) is 0 Å². The summed E-state index contributed by atoms with van der Waals surface area (Å²) in [6.45, 7) is -0.110. The third-order valence-electron chi connectivity index (χ3n) is 3.55. The minimum Gasteiger partial charge on any atom is -0.394 e. The van der Waals surface area contributed by atoms with Crippen LogP contribution >= 0.6 is 11.6 Å². The van der Waals surface area contributed by atoms with Gasteiger partial charge in [-0.1, -0.05) is 41.9 Å². The smallest absolute Gasteiger partial charge is 0.145 e. The lowest BCUT2D eigenvalue weighted by Crippen LogP contribution is -2.15. The van der Waals surface area contributed by atoms with E-state index in [0.29, 0.717) is 16.5 Å². The fraction of sp³-hybridized carbons (Fsp3) is 0.111.